The van der Waals surface area contributed by atoms with E-state index in [0.717, 1.165) is 31.4 Å². The minimum atomic E-state index is -2.64. The van der Waals surface area contributed by atoms with Crippen LogP contribution < -0.4 is 0 Å². The number of hydrogen-bond donors (Lipinski definition) is 0. The second kappa shape index (κ2) is 23.7. The van der Waals surface area contributed by atoms with Crippen LogP contribution in [-0.2, 0) is 23.6 Å². The molecule has 2 amide bonds. The zero-order valence-corrected chi connectivity index (χ0v) is 39.7. The van der Waals surface area contributed by atoms with E-state index < -0.39 is 31.6 Å². The monoisotopic (exact) mass is 1010 g/mol. The van der Waals surface area contributed by atoms with Crippen LogP contribution in [0.15, 0.2) is 16.0 Å². The van der Waals surface area contributed by atoms with E-state index in [1.807, 2.05) is 41.5 Å². The molecule has 0 aliphatic carbocycles. The van der Waals surface area contributed by atoms with Gasteiger partial charge in [0.25, 0.3) is 12.9 Å². The van der Waals surface area contributed by atoms with Gasteiger partial charge in [0, 0.05) is 58.0 Å². The Labute approximate surface area is 382 Å². The van der Waals surface area contributed by atoms with Gasteiger partial charge in [-0.15, -0.1) is 23.5 Å². The molecule has 336 valence electrons. The van der Waals surface area contributed by atoms with Crippen molar-refractivity contribution in [3.8, 4) is 0 Å². The maximum atomic E-state index is 13.1. The SMILES string of the molecule is C.ClC(Cl)(Cl)C(Cl)(Cl)Cl.Cn1cc(SCC2CCN(C(=O)OC(C)(C)C)CC2)c(C(F)F)n1.Cn1nc(C(F)F)c(SCC2CCN(C(=O)OC(C)(C)C)CC2)c1Cl. The third kappa shape index (κ3) is 19.2. The smallest absolute Gasteiger partial charge is 0.410 e. The molecule has 10 nitrogen and oxygen atoms in total. The molecular weight excluding hydrogens is 957 g/mol. The van der Waals surface area contributed by atoms with Crippen molar-refractivity contribution in [2.24, 2.45) is 25.9 Å². The summed E-state index contributed by atoms with van der Waals surface area (Å²) in [6, 6.07) is 0. The van der Waals surface area contributed by atoms with Crippen LogP contribution in [0.1, 0.15) is 98.9 Å². The van der Waals surface area contributed by atoms with E-state index >= 15 is 0 Å². The van der Waals surface area contributed by atoms with Crippen LogP contribution in [0.5, 0.6) is 0 Å². The van der Waals surface area contributed by atoms with E-state index in [1.54, 1.807) is 30.1 Å². The molecule has 0 N–H and O–H groups in total. The summed E-state index contributed by atoms with van der Waals surface area (Å²) in [5.74, 6) is 2.17. The Morgan fingerprint density at radius 2 is 1.10 bits per heavy atom. The predicted molar refractivity (Wildman–Crippen MR) is 231 cm³/mol. The van der Waals surface area contributed by atoms with Crippen LogP contribution in [0, 0.1) is 11.8 Å². The highest BCUT2D eigenvalue weighted by atomic mass is 35.6. The largest absolute Gasteiger partial charge is 0.444 e. The number of halogens is 11. The van der Waals surface area contributed by atoms with Gasteiger partial charge in [-0.25, -0.2) is 27.2 Å². The van der Waals surface area contributed by atoms with Crippen LogP contribution in [-0.4, -0.2) is 98.0 Å². The number of likely N-dealkylation sites (tertiary alicyclic amines) is 2. The molecule has 2 aromatic rings. The number of alkyl halides is 10. The number of carbonyl (C=O) groups excluding carboxylic acids is 2. The standard InChI is InChI=1S/C16H24ClF2N3O2S.C16H25F2N3O2S.C2Cl6.CH4/c1-16(2,3)24-15(23)22-7-5-10(6-8-22)9-25-12-11(14(18)19)20-21(4)13(12)17;1-16(2,3)23-15(22)21-7-5-11(6-8-21)10-24-12-9-20(4)19-13(12)14(17)18;3-1(4,5)2(6,7)8;/h10,14H,5-9H2,1-4H3;9,11,14H,5-8,10H2,1-4H3;;1H4. The lowest BCUT2D eigenvalue weighted by atomic mass is 9.99. The Morgan fingerprint density at radius 1 is 0.724 bits per heavy atom. The van der Waals surface area contributed by atoms with Gasteiger partial charge in [0.1, 0.15) is 27.7 Å². The first kappa shape index (κ1) is 55.4. The molecule has 2 aliphatic heterocycles. The van der Waals surface area contributed by atoms with E-state index in [-0.39, 0.29) is 36.2 Å². The molecule has 0 bridgehead atoms. The first-order chi connectivity index (χ1) is 26.0. The van der Waals surface area contributed by atoms with Crippen LogP contribution in [0.4, 0.5) is 27.2 Å². The molecule has 23 heteroatoms. The topological polar surface area (TPSA) is 94.7 Å². The molecule has 2 fully saturated rings. The molecule has 4 heterocycles. The van der Waals surface area contributed by atoms with E-state index in [9.17, 15) is 27.2 Å². The number of carbonyl (C=O) groups is 2. The second-order valence-electron chi connectivity index (χ2n) is 15.2. The molecule has 4 rings (SSSR count). The van der Waals surface area contributed by atoms with Crippen LogP contribution >= 0.6 is 105 Å². The van der Waals surface area contributed by atoms with Gasteiger partial charge in [0.15, 0.2) is 0 Å². The number of aromatic nitrogens is 4. The first-order valence-corrected chi connectivity index (χ1v) is 22.3. The fourth-order valence-electron chi connectivity index (χ4n) is 5.15. The maximum Gasteiger partial charge on any atom is 0.410 e. The Kier molecular flexibility index (Phi) is 22.7. The van der Waals surface area contributed by atoms with E-state index in [0.29, 0.717) is 53.6 Å². The van der Waals surface area contributed by atoms with Gasteiger partial charge in [-0.2, -0.15) is 10.2 Å². The molecule has 0 unspecified atom stereocenters. The van der Waals surface area contributed by atoms with Gasteiger partial charge >= 0.3 is 12.2 Å². The van der Waals surface area contributed by atoms with Crippen molar-refractivity contribution in [3.05, 3.63) is 22.7 Å². The fraction of sp³-hybridized carbons (Fsp3) is 0.771. The van der Waals surface area contributed by atoms with Crippen molar-refractivity contribution in [1.82, 2.24) is 29.4 Å². The van der Waals surface area contributed by atoms with Crippen molar-refractivity contribution in [2.45, 2.75) is 116 Å². The van der Waals surface area contributed by atoms with E-state index in [1.165, 1.54) is 32.9 Å². The Balaban J connectivity index is 0.000000482. The van der Waals surface area contributed by atoms with Gasteiger partial charge in [0.05, 0.1) is 9.79 Å². The van der Waals surface area contributed by atoms with Crippen molar-refractivity contribution < 1.29 is 36.6 Å². The zero-order chi connectivity index (χ0) is 43.7. The Bertz CT molecular complexity index is 1570. The highest BCUT2D eigenvalue weighted by Crippen LogP contribution is 2.48. The molecule has 58 heavy (non-hydrogen) atoms. The fourth-order valence-corrected chi connectivity index (χ4v) is 7.97. The Morgan fingerprint density at radius 3 is 1.45 bits per heavy atom. The third-order valence-corrected chi connectivity index (χ3v) is 13.7. The molecule has 2 aromatic heterocycles. The summed E-state index contributed by atoms with van der Waals surface area (Å²) in [7, 11) is 3.20. The number of amides is 2. The minimum absolute atomic E-state index is 0. The molecule has 0 aromatic carbocycles. The molecule has 0 radical (unpaired) electrons. The van der Waals surface area contributed by atoms with Gasteiger partial charge in [-0.1, -0.05) is 88.6 Å². The Hall–Kier alpha value is -0.590. The van der Waals surface area contributed by atoms with Gasteiger partial charge in [0.2, 0.25) is 7.59 Å². The molecule has 2 aliphatic rings. The molecule has 0 atom stereocenters. The average Bonchev–Trinajstić information content (AvgIpc) is 3.59. The van der Waals surface area contributed by atoms with Crippen molar-refractivity contribution >= 4 is 117 Å². The lowest BCUT2D eigenvalue weighted by molar-refractivity contribution is 0.0180. The molecular formula is C35H53Cl7F4N6O4S2. The number of ether oxygens (including phenoxy) is 2. The van der Waals surface area contributed by atoms with E-state index in [2.05, 4.69) is 10.2 Å². The second-order valence-corrected chi connectivity index (χ2v) is 22.2. The number of aryl methyl sites for hydroxylation is 2. The molecule has 0 saturated carbocycles. The summed E-state index contributed by atoms with van der Waals surface area (Å²) in [6.07, 6.45) is -0.787. The summed E-state index contributed by atoms with van der Waals surface area (Å²) in [5, 5.41) is 7.85. The van der Waals surface area contributed by atoms with Crippen LogP contribution in [0.3, 0.4) is 0 Å². The van der Waals surface area contributed by atoms with Crippen LogP contribution in [0.25, 0.3) is 0 Å². The van der Waals surface area contributed by atoms with Crippen molar-refractivity contribution in [2.75, 3.05) is 37.7 Å². The normalized spacial score (nSPS) is 16.0. The van der Waals surface area contributed by atoms with Gasteiger partial charge in [-0.05, 0) is 79.1 Å². The van der Waals surface area contributed by atoms with Crippen molar-refractivity contribution in [3.63, 3.8) is 0 Å². The first-order valence-electron chi connectivity index (χ1n) is 17.7. The number of hydrogen-bond acceptors (Lipinski definition) is 8. The number of rotatable bonds is 8. The van der Waals surface area contributed by atoms with Gasteiger partial charge < -0.3 is 19.3 Å². The minimum Gasteiger partial charge on any atom is -0.444 e. The molecule has 2 saturated heterocycles. The highest BCUT2D eigenvalue weighted by molar-refractivity contribution is 7.99. The average molecular weight is 1010 g/mol. The van der Waals surface area contributed by atoms with Gasteiger partial charge in [-0.3, -0.25) is 9.36 Å². The number of piperidine rings is 2. The summed E-state index contributed by atoms with van der Waals surface area (Å²) in [5.41, 5.74) is -1.40. The lowest BCUT2D eigenvalue weighted by Gasteiger charge is -2.33. The summed E-state index contributed by atoms with van der Waals surface area (Å²) < 4.78 is 61.7. The summed E-state index contributed by atoms with van der Waals surface area (Å²) >= 11 is 39.7. The summed E-state index contributed by atoms with van der Waals surface area (Å²) in [6.45, 7) is 13.6. The van der Waals surface area contributed by atoms with Crippen LogP contribution in [0.2, 0.25) is 5.15 Å². The van der Waals surface area contributed by atoms with Crippen molar-refractivity contribution in [1.29, 1.82) is 0 Å². The quantitative estimate of drug-likeness (QED) is 0.147. The van der Waals surface area contributed by atoms with E-state index in [4.69, 9.17) is 90.7 Å². The maximum absolute atomic E-state index is 13.1. The summed E-state index contributed by atoms with van der Waals surface area (Å²) in [4.78, 5) is 28.4. The zero-order valence-electron chi connectivity index (χ0n) is 32.7. The highest BCUT2D eigenvalue weighted by Gasteiger charge is 2.44. The third-order valence-electron chi connectivity index (χ3n) is 7.99. The molecule has 0 spiro atoms. The lowest BCUT2D eigenvalue weighted by Crippen LogP contribution is -2.42. The number of nitrogens with zero attached hydrogens (tertiary/aromatic N) is 6. The predicted octanol–water partition coefficient (Wildman–Crippen LogP) is 13.2. The number of thioether (sulfide) groups is 2.